The van der Waals surface area contributed by atoms with E-state index >= 15 is 0 Å². The zero-order chi connectivity index (χ0) is 21.9. The van der Waals surface area contributed by atoms with Gasteiger partial charge in [0.2, 0.25) is 10.0 Å². The van der Waals surface area contributed by atoms with Gasteiger partial charge < -0.3 is 10.1 Å². The molecule has 0 aliphatic carbocycles. The number of nitrogens with one attached hydrogen (secondary N) is 2. The van der Waals surface area contributed by atoms with Gasteiger partial charge in [-0.25, -0.2) is 13.4 Å². The van der Waals surface area contributed by atoms with E-state index in [9.17, 15) is 13.2 Å². The number of thiazole rings is 1. The molecule has 0 radical (unpaired) electrons. The number of sulfonamides is 1. The first-order chi connectivity index (χ1) is 14.2. The molecule has 0 aliphatic heterocycles. The summed E-state index contributed by atoms with van der Waals surface area (Å²) in [5.74, 6) is 0.386. The number of methoxy groups -OCH3 is 1. The highest BCUT2D eigenvalue weighted by Gasteiger charge is 2.14. The Labute approximate surface area is 180 Å². The van der Waals surface area contributed by atoms with Crippen LogP contribution in [0.4, 0.5) is 11.4 Å². The Morgan fingerprint density at radius 1 is 1.13 bits per heavy atom. The Kier molecular flexibility index (Phi) is 6.42. The van der Waals surface area contributed by atoms with Crippen molar-refractivity contribution >= 4 is 38.6 Å². The maximum Gasteiger partial charge on any atom is 0.275 e. The number of hydrogen-bond donors (Lipinski definition) is 2. The third-order valence-electron chi connectivity index (χ3n) is 4.32. The van der Waals surface area contributed by atoms with Crippen molar-refractivity contribution in [2.24, 2.45) is 0 Å². The van der Waals surface area contributed by atoms with Gasteiger partial charge in [-0.05, 0) is 23.6 Å². The van der Waals surface area contributed by atoms with Crippen LogP contribution in [0.2, 0.25) is 0 Å². The molecule has 9 heteroatoms. The van der Waals surface area contributed by atoms with Crippen LogP contribution in [0.3, 0.4) is 0 Å². The number of anilines is 2. The van der Waals surface area contributed by atoms with Gasteiger partial charge in [-0.15, -0.1) is 11.3 Å². The zero-order valence-electron chi connectivity index (χ0n) is 17.1. The second kappa shape index (κ2) is 8.85. The number of nitrogens with zero attached hydrogens (tertiary/aromatic N) is 1. The number of ether oxygens (including phenoxy) is 1. The van der Waals surface area contributed by atoms with Gasteiger partial charge in [0.1, 0.15) is 16.5 Å². The van der Waals surface area contributed by atoms with Crippen LogP contribution in [0.25, 0.3) is 10.6 Å². The molecule has 3 rings (SSSR count). The van der Waals surface area contributed by atoms with E-state index in [-0.39, 0.29) is 5.91 Å². The number of amides is 1. The largest absolute Gasteiger partial charge is 0.494 e. The van der Waals surface area contributed by atoms with Crippen LogP contribution in [-0.4, -0.2) is 32.7 Å². The summed E-state index contributed by atoms with van der Waals surface area (Å²) in [5, 5.41) is 5.23. The van der Waals surface area contributed by atoms with Crippen molar-refractivity contribution in [2.75, 3.05) is 23.4 Å². The van der Waals surface area contributed by atoms with Crippen LogP contribution in [0, 0.1) is 0 Å². The molecule has 0 aliphatic rings. The van der Waals surface area contributed by atoms with E-state index in [2.05, 4.69) is 41.0 Å². The fraction of sp³-hybridized carbons (Fsp3) is 0.238. The quantitative estimate of drug-likeness (QED) is 0.555. The lowest BCUT2D eigenvalue weighted by atomic mass is 10.0. The van der Waals surface area contributed by atoms with Gasteiger partial charge in [-0.3, -0.25) is 9.52 Å². The molecule has 0 spiro atoms. The maximum absolute atomic E-state index is 12.6. The highest BCUT2D eigenvalue weighted by atomic mass is 32.2. The van der Waals surface area contributed by atoms with Crippen LogP contribution in [-0.2, 0) is 10.0 Å². The number of hydrogen-bond acceptors (Lipinski definition) is 6. The SMILES string of the molecule is COc1cc(NC(=O)c2csc(-c3ccc(C(C)C)cc3)n2)ccc1NS(C)(=O)=O. The van der Waals surface area contributed by atoms with Crippen LogP contribution >= 0.6 is 11.3 Å². The summed E-state index contributed by atoms with van der Waals surface area (Å²) in [6.45, 7) is 4.28. The van der Waals surface area contributed by atoms with E-state index in [0.717, 1.165) is 16.8 Å². The first kappa shape index (κ1) is 21.8. The highest BCUT2D eigenvalue weighted by molar-refractivity contribution is 7.92. The standard InChI is InChI=1S/C21H23N3O4S2/c1-13(2)14-5-7-15(8-6-14)21-23-18(12-29-21)20(25)22-16-9-10-17(19(11-16)28-3)24-30(4,26)27/h5-13,24H,1-4H3,(H,22,25). The summed E-state index contributed by atoms with van der Waals surface area (Å²) < 4.78 is 30.5. The lowest BCUT2D eigenvalue weighted by Gasteiger charge is -2.12. The second-order valence-electron chi connectivity index (χ2n) is 7.06. The highest BCUT2D eigenvalue weighted by Crippen LogP contribution is 2.30. The topological polar surface area (TPSA) is 97.4 Å². The van der Waals surface area contributed by atoms with Crippen molar-refractivity contribution < 1.29 is 17.9 Å². The summed E-state index contributed by atoms with van der Waals surface area (Å²) in [6.07, 6.45) is 1.05. The lowest BCUT2D eigenvalue weighted by molar-refractivity contribution is 0.102. The Balaban J connectivity index is 1.75. The Hall–Kier alpha value is -2.91. The zero-order valence-corrected chi connectivity index (χ0v) is 18.7. The van der Waals surface area contributed by atoms with Crippen LogP contribution < -0.4 is 14.8 Å². The number of carbonyl (C=O) groups excluding carboxylic acids is 1. The average molecular weight is 446 g/mol. The second-order valence-corrected chi connectivity index (χ2v) is 9.66. The predicted octanol–water partition coefficient (Wildman–Crippen LogP) is 4.57. The number of carbonyl (C=O) groups is 1. The third kappa shape index (κ3) is 5.37. The van der Waals surface area contributed by atoms with Crippen LogP contribution in [0.1, 0.15) is 35.8 Å². The molecule has 7 nitrogen and oxygen atoms in total. The van der Waals surface area contributed by atoms with Gasteiger partial charge in [0.15, 0.2) is 0 Å². The van der Waals surface area contributed by atoms with Crippen molar-refractivity contribution in [1.29, 1.82) is 0 Å². The molecule has 0 unspecified atom stereocenters. The Morgan fingerprint density at radius 3 is 2.43 bits per heavy atom. The molecule has 0 atom stereocenters. The lowest BCUT2D eigenvalue weighted by Crippen LogP contribution is -2.13. The number of rotatable bonds is 7. The minimum Gasteiger partial charge on any atom is -0.494 e. The van der Waals surface area contributed by atoms with E-state index in [0.29, 0.717) is 28.7 Å². The van der Waals surface area contributed by atoms with E-state index in [4.69, 9.17) is 4.74 Å². The predicted molar refractivity (Wildman–Crippen MR) is 121 cm³/mol. The van der Waals surface area contributed by atoms with Crippen LogP contribution in [0.15, 0.2) is 47.8 Å². The molecule has 1 amide bonds. The average Bonchev–Trinajstić information content (AvgIpc) is 3.18. The molecule has 0 saturated heterocycles. The van der Waals surface area contributed by atoms with Crippen molar-refractivity contribution in [3.8, 4) is 16.3 Å². The molecule has 2 aromatic carbocycles. The summed E-state index contributed by atoms with van der Waals surface area (Å²) >= 11 is 1.40. The molecule has 0 saturated carbocycles. The van der Waals surface area contributed by atoms with Crippen molar-refractivity contribution in [1.82, 2.24) is 4.98 Å². The molecule has 158 valence electrons. The minimum atomic E-state index is -3.45. The van der Waals surface area contributed by atoms with Gasteiger partial charge in [0, 0.05) is 22.7 Å². The fourth-order valence-corrected chi connectivity index (χ4v) is 4.14. The van der Waals surface area contributed by atoms with Crippen LogP contribution in [0.5, 0.6) is 5.75 Å². The molecule has 30 heavy (non-hydrogen) atoms. The monoisotopic (exact) mass is 445 g/mol. The van der Waals surface area contributed by atoms with Gasteiger partial charge in [0.05, 0.1) is 19.1 Å². The molecular formula is C21H23N3O4S2. The van der Waals surface area contributed by atoms with E-state index in [1.807, 2.05) is 12.1 Å². The first-order valence-corrected chi connectivity index (χ1v) is 12.0. The summed E-state index contributed by atoms with van der Waals surface area (Å²) in [6, 6.07) is 12.8. The Morgan fingerprint density at radius 2 is 1.83 bits per heavy atom. The molecule has 0 fully saturated rings. The van der Waals surface area contributed by atoms with Crippen molar-refractivity contribution in [3.05, 3.63) is 59.1 Å². The first-order valence-electron chi connectivity index (χ1n) is 9.19. The van der Waals surface area contributed by atoms with Gasteiger partial charge >= 0.3 is 0 Å². The molecule has 1 aromatic heterocycles. The van der Waals surface area contributed by atoms with Crippen molar-refractivity contribution in [2.45, 2.75) is 19.8 Å². The fourth-order valence-electron chi connectivity index (χ4n) is 2.77. The molecule has 3 aromatic rings. The van der Waals surface area contributed by atoms with E-state index in [1.165, 1.54) is 30.1 Å². The van der Waals surface area contributed by atoms with Gasteiger partial charge in [0.25, 0.3) is 5.91 Å². The summed E-state index contributed by atoms with van der Waals surface area (Å²) in [7, 11) is -2.02. The van der Waals surface area contributed by atoms with Gasteiger partial charge in [-0.1, -0.05) is 38.1 Å². The number of aromatic nitrogens is 1. The van der Waals surface area contributed by atoms with Crippen molar-refractivity contribution in [3.63, 3.8) is 0 Å². The molecule has 0 bridgehead atoms. The molecular weight excluding hydrogens is 422 g/mol. The summed E-state index contributed by atoms with van der Waals surface area (Å²) in [5.41, 5.74) is 3.27. The normalized spacial score (nSPS) is 11.4. The van der Waals surface area contributed by atoms with E-state index < -0.39 is 10.0 Å². The van der Waals surface area contributed by atoms with E-state index in [1.54, 1.807) is 17.5 Å². The molecule has 1 heterocycles. The third-order valence-corrected chi connectivity index (χ3v) is 5.80. The summed E-state index contributed by atoms with van der Waals surface area (Å²) in [4.78, 5) is 17.0. The number of benzene rings is 2. The minimum absolute atomic E-state index is 0.291. The Bertz CT molecular complexity index is 1150. The smallest absolute Gasteiger partial charge is 0.275 e. The maximum atomic E-state index is 12.6. The van der Waals surface area contributed by atoms with Gasteiger partial charge in [-0.2, -0.15) is 0 Å². The molecule has 2 N–H and O–H groups in total.